The van der Waals surface area contributed by atoms with E-state index in [1.54, 1.807) is 55.5 Å². The molecule has 2 atom stereocenters. The molecular formula is C38H41Cl2F3N6O4. The summed E-state index contributed by atoms with van der Waals surface area (Å²) in [5, 5.41) is 4.23. The molecule has 0 radical (unpaired) electrons. The number of rotatable bonds is 9. The lowest BCUT2D eigenvalue weighted by molar-refractivity contribution is -0.137. The number of likely N-dealkylation sites (tertiary alicyclic amines) is 1. The van der Waals surface area contributed by atoms with E-state index in [0.717, 1.165) is 12.1 Å². The number of imide groups is 1. The van der Waals surface area contributed by atoms with Crippen LogP contribution in [-0.2, 0) is 15.8 Å². The van der Waals surface area contributed by atoms with E-state index in [4.69, 9.17) is 38.7 Å². The summed E-state index contributed by atoms with van der Waals surface area (Å²) in [6.07, 6.45) is -2.65. The maximum Gasteiger partial charge on any atom is 0.416 e. The number of ether oxygens (including phenoxy) is 1. The molecule has 4 amide bonds. The number of benzene rings is 3. The van der Waals surface area contributed by atoms with E-state index in [-0.39, 0.29) is 42.1 Å². The number of nitrogens with one attached hydrogen (secondary N) is 1. The van der Waals surface area contributed by atoms with Crippen molar-refractivity contribution < 1.29 is 32.3 Å². The molecule has 282 valence electrons. The zero-order valence-electron chi connectivity index (χ0n) is 29.1. The molecule has 3 N–H and O–H groups in total. The quantitative estimate of drug-likeness (QED) is 0.246. The molecular weight excluding hydrogens is 732 g/mol. The Kier molecular flexibility index (Phi) is 12.0. The van der Waals surface area contributed by atoms with Crippen LogP contribution >= 0.6 is 23.2 Å². The normalized spacial score (nSPS) is 20.3. The van der Waals surface area contributed by atoms with Crippen LogP contribution in [0.25, 0.3) is 0 Å². The van der Waals surface area contributed by atoms with Crippen molar-refractivity contribution >= 4 is 46.9 Å². The van der Waals surface area contributed by atoms with E-state index < -0.39 is 41.8 Å². The molecule has 0 aliphatic carbocycles. The molecule has 0 saturated carbocycles. The highest BCUT2D eigenvalue weighted by atomic mass is 35.5. The number of alkyl halides is 3. The summed E-state index contributed by atoms with van der Waals surface area (Å²) in [5.41, 5.74) is 6.10. The Morgan fingerprint density at radius 3 is 2.09 bits per heavy atom. The molecule has 2 saturated heterocycles. The number of nitrogens with zero attached hydrogens (tertiary/aromatic N) is 4. The SMILES string of the molecule is CCOc1cc(C(F)(F)F)ccc1C1=NC(c2ccc(Cl)cc2)C(c2ccc(Cl)cc2)N1C(=O)N(C(=O)CN1CCC(C(N)=O)CC1)C1CCNCC1. The highest BCUT2D eigenvalue weighted by molar-refractivity contribution is 6.30. The van der Waals surface area contributed by atoms with Crippen molar-refractivity contribution in [2.24, 2.45) is 16.6 Å². The molecule has 6 rings (SSSR count). The lowest BCUT2D eigenvalue weighted by Gasteiger charge is -2.40. The fraction of sp³-hybridized carbons (Fsp3) is 0.421. The summed E-state index contributed by atoms with van der Waals surface area (Å²) in [4.78, 5) is 51.4. The molecule has 3 aliphatic rings. The van der Waals surface area contributed by atoms with Gasteiger partial charge in [-0.05, 0) is 112 Å². The minimum Gasteiger partial charge on any atom is -0.493 e. The molecule has 0 aromatic heterocycles. The first kappa shape index (κ1) is 38.6. The molecule has 0 spiro atoms. The molecule has 0 bridgehead atoms. The minimum atomic E-state index is -4.65. The van der Waals surface area contributed by atoms with Gasteiger partial charge < -0.3 is 15.8 Å². The molecule has 3 aromatic carbocycles. The van der Waals surface area contributed by atoms with Gasteiger partial charge in [-0.25, -0.2) is 4.79 Å². The molecule has 2 fully saturated rings. The predicted octanol–water partition coefficient (Wildman–Crippen LogP) is 6.85. The average molecular weight is 774 g/mol. The fourth-order valence-corrected chi connectivity index (χ4v) is 7.56. The number of amides is 4. The number of amidine groups is 1. The highest BCUT2D eigenvalue weighted by Gasteiger charge is 2.47. The summed E-state index contributed by atoms with van der Waals surface area (Å²) >= 11 is 12.6. The summed E-state index contributed by atoms with van der Waals surface area (Å²) < 4.78 is 47.7. The van der Waals surface area contributed by atoms with E-state index in [2.05, 4.69) is 5.32 Å². The number of hydrogen-bond donors (Lipinski definition) is 2. The van der Waals surface area contributed by atoms with Crippen LogP contribution in [-0.4, -0.2) is 83.8 Å². The third-order valence-corrected chi connectivity index (χ3v) is 10.5. The van der Waals surface area contributed by atoms with Crippen molar-refractivity contribution in [2.75, 3.05) is 39.3 Å². The van der Waals surface area contributed by atoms with Gasteiger partial charge in [0.1, 0.15) is 17.6 Å². The second kappa shape index (κ2) is 16.5. The largest absolute Gasteiger partial charge is 0.493 e. The lowest BCUT2D eigenvalue weighted by Crippen LogP contribution is -2.57. The highest BCUT2D eigenvalue weighted by Crippen LogP contribution is 2.46. The number of urea groups is 1. The van der Waals surface area contributed by atoms with E-state index >= 15 is 4.79 Å². The molecule has 3 aliphatic heterocycles. The first-order valence-electron chi connectivity index (χ1n) is 17.7. The molecule has 10 nitrogen and oxygen atoms in total. The number of nitrogens with two attached hydrogens (primary N) is 1. The number of piperidine rings is 2. The fourth-order valence-electron chi connectivity index (χ4n) is 7.30. The summed E-state index contributed by atoms with van der Waals surface area (Å²) in [6, 6.07) is 14.2. The smallest absolute Gasteiger partial charge is 0.416 e. The van der Waals surface area contributed by atoms with Crippen LogP contribution in [0.4, 0.5) is 18.0 Å². The van der Waals surface area contributed by atoms with Crippen LogP contribution in [0.5, 0.6) is 5.75 Å². The maximum atomic E-state index is 15.4. The van der Waals surface area contributed by atoms with Gasteiger partial charge in [-0.1, -0.05) is 47.5 Å². The van der Waals surface area contributed by atoms with E-state index in [1.165, 1.54) is 15.9 Å². The molecule has 3 aromatic rings. The van der Waals surface area contributed by atoms with Gasteiger partial charge in [0.25, 0.3) is 0 Å². The van der Waals surface area contributed by atoms with Crippen molar-refractivity contribution in [2.45, 2.75) is 56.9 Å². The van der Waals surface area contributed by atoms with Crippen molar-refractivity contribution in [3.8, 4) is 5.75 Å². The van der Waals surface area contributed by atoms with Gasteiger partial charge >= 0.3 is 12.2 Å². The molecule has 2 unspecified atom stereocenters. The predicted molar refractivity (Wildman–Crippen MR) is 196 cm³/mol. The second-order valence-electron chi connectivity index (χ2n) is 13.4. The summed E-state index contributed by atoms with van der Waals surface area (Å²) in [6.45, 7) is 3.70. The number of primary amides is 1. The van der Waals surface area contributed by atoms with Crippen LogP contribution in [0.3, 0.4) is 0 Å². The van der Waals surface area contributed by atoms with Gasteiger partial charge in [0, 0.05) is 22.0 Å². The van der Waals surface area contributed by atoms with E-state index in [9.17, 15) is 22.8 Å². The Morgan fingerprint density at radius 1 is 0.925 bits per heavy atom. The van der Waals surface area contributed by atoms with Crippen LogP contribution < -0.4 is 15.8 Å². The van der Waals surface area contributed by atoms with Gasteiger partial charge in [-0.2, -0.15) is 13.2 Å². The Morgan fingerprint density at radius 2 is 1.53 bits per heavy atom. The van der Waals surface area contributed by atoms with Gasteiger partial charge in [0.15, 0.2) is 0 Å². The van der Waals surface area contributed by atoms with Crippen molar-refractivity contribution in [1.82, 2.24) is 20.0 Å². The van der Waals surface area contributed by atoms with Gasteiger partial charge in [0.2, 0.25) is 11.8 Å². The average Bonchev–Trinajstić information content (AvgIpc) is 3.53. The summed E-state index contributed by atoms with van der Waals surface area (Å²) in [5.74, 6) is -1.13. The first-order valence-corrected chi connectivity index (χ1v) is 18.4. The Balaban J connectivity index is 1.49. The zero-order chi connectivity index (χ0) is 37.9. The molecule has 15 heteroatoms. The number of hydrogen-bond acceptors (Lipinski definition) is 7. The van der Waals surface area contributed by atoms with Gasteiger partial charge in [0.05, 0.1) is 30.3 Å². The lowest BCUT2D eigenvalue weighted by atomic mass is 9.93. The minimum absolute atomic E-state index is 0.0445. The molecule has 3 heterocycles. The number of carbonyl (C=O) groups is 3. The Hall–Kier alpha value is -4.17. The standard InChI is InChI=1S/C38H41Cl2F3N6O4/c1-2-53-31-21-26(38(41,42)43)7-12-30(31)36-46-33(23-3-8-27(39)9-4-23)34(24-5-10-28(40)11-6-24)49(36)37(52)48(29-13-17-45-18-14-29)32(50)22-47-19-15-25(16-20-47)35(44)51/h3-12,21,25,29,33-34,45H,2,13-20,22H2,1H3,(H2,44,51). The maximum absolute atomic E-state index is 15.4. The summed E-state index contributed by atoms with van der Waals surface area (Å²) in [7, 11) is 0. The van der Waals surface area contributed by atoms with Crippen LogP contribution in [0.1, 0.15) is 66.9 Å². The Bertz CT molecular complexity index is 1830. The van der Waals surface area contributed by atoms with E-state index in [0.29, 0.717) is 73.0 Å². The number of aliphatic imine (C=N–C) groups is 1. The van der Waals surface area contributed by atoms with Crippen molar-refractivity contribution in [3.05, 3.63) is 99.0 Å². The first-order chi connectivity index (χ1) is 25.3. The number of carbonyl (C=O) groups excluding carboxylic acids is 3. The monoisotopic (exact) mass is 772 g/mol. The van der Waals surface area contributed by atoms with Gasteiger partial charge in [-0.3, -0.25) is 29.3 Å². The van der Waals surface area contributed by atoms with Crippen LogP contribution in [0.2, 0.25) is 10.0 Å². The van der Waals surface area contributed by atoms with Crippen molar-refractivity contribution in [1.29, 1.82) is 0 Å². The zero-order valence-corrected chi connectivity index (χ0v) is 30.6. The molecule has 53 heavy (non-hydrogen) atoms. The Labute approximate surface area is 316 Å². The second-order valence-corrected chi connectivity index (χ2v) is 14.3. The third kappa shape index (κ3) is 8.64. The van der Waals surface area contributed by atoms with Crippen LogP contribution in [0.15, 0.2) is 71.7 Å². The number of halogens is 5. The van der Waals surface area contributed by atoms with Crippen molar-refractivity contribution in [3.63, 3.8) is 0 Å². The third-order valence-electron chi connectivity index (χ3n) is 10.0. The topological polar surface area (TPSA) is 121 Å². The van der Waals surface area contributed by atoms with Gasteiger partial charge in [-0.15, -0.1) is 0 Å². The van der Waals surface area contributed by atoms with E-state index in [1.807, 2.05) is 4.90 Å². The van der Waals surface area contributed by atoms with Crippen LogP contribution in [0, 0.1) is 5.92 Å².